The van der Waals surface area contributed by atoms with Gasteiger partial charge < -0.3 is 44.9 Å². The Morgan fingerprint density at radius 1 is 0.688 bits per heavy atom. The Kier molecular flexibility index (Phi) is 12.0. The molecular weight excluding hydrogens is 809 g/mol. The standard InChI is InChI=1S/C24H16N2O2.2ClH.2Pt/c1-17-9-11-19(15-21(17)27-23-7-3-5-13-25-23)20-12-10-18(2)22(16-20)28-24-8-4-6-14-26-24;;;;/h3-10,13-14H,1-2H3;2*1H;;/q-4;;;2*+1/p-2. The Morgan fingerprint density at radius 3 is 1.44 bits per heavy atom. The first-order valence-electron chi connectivity index (χ1n) is 9.00. The molecule has 8 heteroatoms. The monoisotopic (exact) mass is 824 g/mol. The second-order valence-electron chi connectivity index (χ2n) is 6.14. The van der Waals surface area contributed by atoms with Gasteiger partial charge in [-0.15, -0.1) is 13.8 Å². The SMILES string of the molecule is Cc1c[c-]c(-c2[c-]cc(C)c(Oc3ccccn3)[c-]2)[c-]c1Oc1ccccn1.[Cl][Pt].[Cl][Pt]. The van der Waals surface area contributed by atoms with Crippen molar-refractivity contribution in [2.75, 3.05) is 0 Å². The summed E-state index contributed by atoms with van der Waals surface area (Å²) in [6.07, 6.45) is 3.37. The molecular formula is C24H16Cl2N2O2Pt2-4. The predicted molar refractivity (Wildman–Crippen MR) is 117 cm³/mol. The van der Waals surface area contributed by atoms with Gasteiger partial charge in [0.05, 0.1) is 0 Å². The minimum absolute atomic E-state index is 0.509. The third-order valence-corrected chi connectivity index (χ3v) is 4.00. The summed E-state index contributed by atoms with van der Waals surface area (Å²) in [5.41, 5.74) is 3.18. The van der Waals surface area contributed by atoms with Crippen molar-refractivity contribution in [3.8, 4) is 34.4 Å². The van der Waals surface area contributed by atoms with Crippen LogP contribution in [0, 0.1) is 38.1 Å². The van der Waals surface area contributed by atoms with Crippen LogP contribution in [0.3, 0.4) is 0 Å². The summed E-state index contributed by atoms with van der Waals surface area (Å²) in [6, 6.07) is 27.6. The van der Waals surface area contributed by atoms with E-state index in [2.05, 4.69) is 53.1 Å². The van der Waals surface area contributed by atoms with Crippen molar-refractivity contribution in [3.05, 3.63) is 96.3 Å². The number of aryl methyl sites for hydroxylation is 2. The molecule has 0 saturated heterocycles. The molecule has 4 rings (SSSR count). The summed E-state index contributed by atoms with van der Waals surface area (Å²) in [7, 11) is 9.22. The quantitative estimate of drug-likeness (QED) is 0.205. The fourth-order valence-electron chi connectivity index (χ4n) is 2.49. The molecule has 2 heterocycles. The van der Waals surface area contributed by atoms with Crippen LogP contribution in [0.25, 0.3) is 11.1 Å². The van der Waals surface area contributed by atoms with Gasteiger partial charge in [-0.2, -0.15) is 11.1 Å². The third-order valence-electron chi connectivity index (χ3n) is 4.00. The van der Waals surface area contributed by atoms with Gasteiger partial charge in [0.1, 0.15) is 0 Å². The van der Waals surface area contributed by atoms with E-state index in [9.17, 15) is 0 Å². The fraction of sp³-hybridized carbons (Fsp3) is 0.0833. The molecule has 2 aromatic heterocycles. The molecule has 0 spiro atoms. The third kappa shape index (κ3) is 7.71. The molecule has 0 saturated carbocycles. The Bertz CT molecular complexity index is 1010. The summed E-state index contributed by atoms with van der Waals surface area (Å²) in [5.74, 6) is 2.19. The minimum atomic E-state index is 0.509. The van der Waals surface area contributed by atoms with Gasteiger partial charge in [0, 0.05) is 24.5 Å². The molecule has 0 bridgehead atoms. The zero-order valence-electron chi connectivity index (χ0n) is 16.9. The maximum absolute atomic E-state index is 5.87. The Balaban J connectivity index is 0.000000860. The zero-order valence-corrected chi connectivity index (χ0v) is 22.9. The average Bonchev–Trinajstić information content (AvgIpc) is 2.86. The van der Waals surface area contributed by atoms with Crippen LogP contribution in [0.4, 0.5) is 0 Å². The number of pyridine rings is 2. The van der Waals surface area contributed by atoms with Gasteiger partial charge in [-0.25, -0.2) is 22.1 Å². The van der Waals surface area contributed by atoms with Crippen molar-refractivity contribution in [2.45, 2.75) is 13.8 Å². The summed E-state index contributed by atoms with van der Waals surface area (Å²) in [4.78, 5) is 8.39. The van der Waals surface area contributed by atoms with Crippen molar-refractivity contribution < 1.29 is 47.0 Å². The second kappa shape index (κ2) is 14.4. The van der Waals surface area contributed by atoms with Crippen LogP contribution in [0.5, 0.6) is 23.3 Å². The molecule has 0 unspecified atom stereocenters. The van der Waals surface area contributed by atoms with E-state index in [1.807, 2.05) is 50.2 Å². The molecule has 4 aromatic rings. The van der Waals surface area contributed by atoms with Crippen LogP contribution in [0.1, 0.15) is 11.1 Å². The molecule has 0 atom stereocenters. The van der Waals surface area contributed by atoms with Crippen LogP contribution in [-0.2, 0) is 37.5 Å². The van der Waals surface area contributed by atoms with Gasteiger partial charge >= 0.3 is 56.4 Å². The van der Waals surface area contributed by atoms with Crippen molar-refractivity contribution in [3.63, 3.8) is 0 Å². The summed E-state index contributed by atoms with van der Waals surface area (Å²) in [5, 5.41) is 0. The number of hydrogen-bond acceptors (Lipinski definition) is 4. The van der Waals surface area contributed by atoms with Crippen LogP contribution in [0.15, 0.2) is 60.9 Å². The number of aromatic nitrogens is 2. The average molecular weight is 825 g/mol. The molecule has 2 aromatic carbocycles. The van der Waals surface area contributed by atoms with Crippen LogP contribution in [-0.4, -0.2) is 9.97 Å². The van der Waals surface area contributed by atoms with Gasteiger partial charge in [-0.3, -0.25) is 0 Å². The van der Waals surface area contributed by atoms with E-state index < -0.39 is 0 Å². The first kappa shape index (κ1) is 26.5. The fourth-order valence-corrected chi connectivity index (χ4v) is 2.49. The summed E-state index contributed by atoms with van der Waals surface area (Å²) >= 11 is 3.22. The molecule has 4 nitrogen and oxygen atoms in total. The van der Waals surface area contributed by atoms with E-state index in [1.165, 1.54) is 0 Å². The topological polar surface area (TPSA) is 44.2 Å². The molecule has 0 fully saturated rings. The van der Waals surface area contributed by atoms with Gasteiger partial charge in [-0.1, -0.05) is 23.6 Å². The first-order valence-corrected chi connectivity index (χ1v) is 14.6. The molecule has 0 radical (unpaired) electrons. The molecule has 0 aliphatic heterocycles. The number of ether oxygens (including phenoxy) is 2. The number of hydrogen-bond donors (Lipinski definition) is 0. The second-order valence-corrected chi connectivity index (χ2v) is 6.14. The van der Waals surface area contributed by atoms with Crippen molar-refractivity contribution in [1.29, 1.82) is 0 Å². The Hall–Kier alpha value is -1.70. The zero-order chi connectivity index (χ0) is 23.3. The Labute approximate surface area is 219 Å². The number of rotatable bonds is 5. The molecule has 0 amide bonds. The number of nitrogens with zero attached hydrogens (tertiary/aromatic N) is 2. The molecule has 0 aliphatic rings. The molecule has 0 aliphatic carbocycles. The van der Waals surface area contributed by atoms with Crippen molar-refractivity contribution in [1.82, 2.24) is 9.97 Å². The van der Waals surface area contributed by atoms with Crippen LogP contribution >= 0.6 is 18.8 Å². The molecule has 0 N–H and O–H groups in total. The maximum atomic E-state index is 5.87. The van der Waals surface area contributed by atoms with Gasteiger partial charge in [0.15, 0.2) is 0 Å². The summed E-state index contributed by atoms with van der Waals surface area (Å²) < 4.78 is 11.7. The van der Waals surface area contributed by atoms with E-state index in [-0.39, 0.29) is 0 Å². The van der Waals surface area contributed by atoms with Gasteiger partial charge in [0.2, 0.25) is 11.8 Å². The van der Waals surface area contributed by atoms with Crippen LogP contribution in [0.2, 0.25) is 0 Å². The van der Waals surface area contributed by atoms with E-state index in [1.54, 1.807) is 62.1 Å². The first-order chi connectivity index (χ1) is 15.7. The molecule has 172 valence electrons. The number of halogens is 2. The van der Waals surface area contributed by atoms with Crippen molar-refractivity contribution >= 4 is 18.8 Å². The van der Waals surface area contributed by atoms with Crippen molar-refractivity contribution in [2.24, 2.45) is 0 Å². The van der Waals surface area contributed by atoms with E-state index in [0.717, 1.165) is 11.1 Å². The van der Waals surface area contributed by atoms with E-state index >= 15 is 0 Å². The van der Waals surface area contributed by atoms with Gasteiger partial charge in [-0.05, 0) is 12.1 Å². The number of benzene rings is 2. The van der Waals surface area contributed by atoms with Gasteiger partial charge in [0.25, 0.3) is 0 Å². The molecule has 32 heavy (non-hydrogen) atoms. The van der Waals surface area contributed by atoms with E-state index in [0.29, 0.717) is 34.4 Å². The summed E-state index contributed by atoms with van der Waals surface area (Å²) in [6.45, 7) is 3.88. The Morgan fingerprint density at radius 2 is 1.09 bits per heavy atom. The van der Waals surface area contributed by atoms with Crippen LogP contribution < -0.4 is 9.47 Å². The predicted octanol–water partition coefficient (Wildman–Crippen LogP) is 6.92. The normalized spacial score (nSPS) is 9.62. The van der Waals surface area contributed by atoms with E-state index in [4.69, 9.17) is 9.47 Å².